The second-order valence-electron chi connectivity index (χ2n) is 13.0. The third-order valence-electron chi connectivity index (χ3n) is 7.60. The Labute approximate surface area is 257 Å². The number of unbranched alkanes of at least 4 members (excludes halogenated alkanes) is 4. The molecule has 0 aliphatic carbocycles. The Balaban J connectivity index is 1.88. The first-order valence-corrected chi connectivity index (χ1v) is 16.1. The quantitative estimate of drug-likeness (QED) is 0.199. The Bertz CT molecular complexity index is 1050. The summed E-state index contributed by atoms with van der Waals surface area (Å²) in [4.78, 5) is 42.0. The van der Waals surface area contributed by atoms with Crippen molar-refractivity contribution in [2.45, 2.75) is 117 Å². The molecule has 2 heterocycles. The number of rotatable bonds is 15. The van der Waals surface area contributed by atoms with Crippen LogP contribution in [0, 0.1) is 5.92 Å². The second-order valence-corrected chi connectivity index (χ2v) is 13.0. The highest BCUT2D eigenvalue weighted by molar-refractivity contribution is 5.82. The van der Waals surface area contributed by atoms with Crippen LogP contribution in [-0.4, -0.2) is 73.4 Å². The second kappa shape index (κ2) is 16.7. The van der Waals surface area contributed by atoms with Crippen molar-refractivity contribution in [1.29, 1.82) is 0 Å². The summed E-state index contributed by atoms with van der Waals surface area (Å²) in [6.45, 7) is 14.4. The minimum atomic E-state index is -0.948. The largest absolute Gasteiger partial charge is 0.486 e. The molecular weight excluding hydrogens is 550 g/mol. The SMILES string of the molecule is CCCCCCCC(=O)N[C@H](CN1CCCC1)[C@H](OC(=O)[C@@H](NC(=O)OC(C)(C)C)C(C)C)c1ccc2c(c1)OCCO2. The van der Waals surface area contributed by atoms with Crippen molar-refractivity contribution in [2.75, 3.05) is 32.8 Å². The molecule has 0 unspecified atom stereocenters. The number of nitrogens with one attached hydrogen (secondary N) is 2. The summed E-state index contributed by atoms with van der Waals surface area (Å²) in [5.41, 5.74) is -0.0323. The molecule has 10 heteroatoms. The van der Waals surface area contributed by atoms with Crippen LogP contribution >= 0.6 is 0 Å². The molecule has 242 valence electrons. The summed E-state index contributed by atoms with van der Waals surface area (Å²) in [6.07, 6.45) is 6.30. The van der Waals surface area contributed by atoms with Gasteiger partial charge >= 0.3 is 12.1 Å². The molecule has 0 bridgehead atoms. The lowest BCUT2D eigenvalue weighted by Gasteiger charge is -2.33. The number of amides is 2. The standard InChI is InChI=1S/C33H53N3O7/c1-7-8-9-10-11-14-28(37)34-25(22-36-17-12-13-18-36)30(24-15-16-26-27(21-24)41-20-19-40-26)42-31(38)29(23(2)3)35-32(39)43-33(4,5)6/h15-16,21,23,25,29-30H,7-14,17-20,22H2,1-6H3,(H,34,37)(H,35,39)/t25-,29+,30-/m1/s1. The van der Waals surface area contributed by atoms with Gasteiger partial charge in [0.2, 0.25) is 5.91 Å². The van der Waals surface area contributed by atoms with Crippen molar-refractivity contribution in [2.24, 2.45) is 5.92 Å². The van der Waals surface area contributed by atoms with Crippen LogP contribution in [0.4, 0.5) is 4.79 Å². The van der Waals surface area contributed by atoms with Crippen LogP contribution in [0.2, 0.25) is 0 Å². The summed E-state index contributed by atoms with van der Waals surface area (Å²) >= 11 is 0. The Morgan fingerprint density at radius 2 is 1.63 bits per heavy atom. The Kier molecular flexibility index (Phi) is 13.4. The van der Waals surface area contributed by atoms with Crippen LogP contribution in [0.15, 0.2) is 18.2 Å². The third-order valence-corrected chi connectivity index (χ3v) is 7.60. The number of likely N-dealkylation sites (tertiary alicyclic amines) is 1. The van der Waals surface area contributed by atoms with Gasteiger partial charge in [0.25, 0.3) is 0 Å². The molecule has 3 atom stereocenters. The number of hydrogen-bond acceptors (Lipinski definition) is 8. The molecule has 2 aliphatic heterocycles. The predicted molar refractivity (Wildman–Crippen MR) is 165 cm³/mol. The zero-order valence-electron chi connectivity index (χ0n) is 27.0. The summed E-state index contributed by atoms with van der Waals surface area (Å²) in [7, 11) is 0. The van der Waals surface area contributed by atoms with E-state index in [1.54, 1.807) is 20.8 Å². The average Bonchev–Trinajstić information content (AvgIpc) is 3.46. The summed E-state index contributed by atoms with van der Waals surface area (Å²) < 4.78 is 23.3. The number of fused-ring (bicyclic) bond motifs is 1. The summed E-state index contributed by atoms with van der Waals surface area (Å²) in [5.74, 6) is 0.265. The molecule has 43 heavy (non-hydrogen) atoms. The highest BCUT2D eigenvalue weighted by atomic mass is 16.6. The normalized spacial score (nSPS) is 17.2. The molecule has 2 amide bonds. The maximum absolute atomic E-state index is 13.8. The van der Waals surface area contributed by atoms with E-state index in [1.165, 1.54) is 0 Å². The molecule has 1 aromatic rings. The van der Waals surface area contributed by atoms with Gasteiger partial charge in [-0.3, -0.25) is 4.79 Å². The Morgan fingerprint density at radius 3 is 2.28 bits per heavy atom. The van der Waals surface area contributed by atoms with Gasteiger partial charge in [-0.25, -0.2) is 9.59 Å². The molecule has 0 spiro atoms. The fourth-order valence-corrected chi connectivity index (χ4v) is 5.38. The zero-order valence-corrected chi connectivity index (χ0v) is 27.0. The first-order valence-electron chi connectivity index (χ1n) is 16.1. The molecule has 1 fully saturated rings. The summed E-state index contributed by atoms with van der Waals surface area (Å²) in [5, 5.41) is 5.92. The van der Waals surface area contributed by atoms with Crippen LogP contribution in [-0.2, 0) is 19.1 Å². The number of alkyl carbamates (subject to hydrolysis) is 1. The Hall–Kier alpha value is -3.01. The molecular formula is C33H53N3O7. The van der Waals surface area contributed by atoms with Crippen LogP contribution < -0.4 is 20.1 Å². The number of ether oxygens (including phenoxy) is 4. The van der Waals surface area contributed by atoms with Gasteiger partial charge in [-0.1, -0.05) is 52.5 Å². The van der Waals surface area contributed by atoms with Gasteiger partial charge < -0.3 is 34.5 Å². The van der Waals surface area contributed by atoms with Gasteiger partial charge in [-0.05, 0) is 76.7 Å². The van der Waals surface area contributed by atoms with Gasteiger partial charge in [0, 0.05) is 13.0 Å². The zero-order chi connectivity index (χ0) is 31.4. The highest BCUT2D eigenvalue weighted by Gasteiger charge is 2.36. The number of carbonyl (C=O) groups excluding carboxylic acids is 3. The van der Waals surface area contributed by atoms with E-state index in [4.69, 9.17) is 18.9 Å². The van der Waals surface area contributed by atoms with Crippen molar-refractivity contribution >= 4 is 18.0 Å². The Morgan fingerprint density at radius 1 is 0.953 bits per heavy atom. The molecule has 0 radical (unpaired) electrons. The maximum Gasteiger partial charge on any atom is 0.408 e. The topological polar surface area (TPSA) is 115 Å². The molecule has 10 nitrogen and oxygen atoms in total. The molecule has 1 saturated heterocycles. The third kappa shape index (κ3) is 11.5. The van der Waals surface area contributed by atoms with Crippen LogP contribution in [0.25, 0.3) is 0 Å². The van der Waals surface area contributed by atoms with E-state index in [0.29, 0.717) is 43.2 Å². The number of esters is 1. The van der Waals surface area contributed by atoms with Crippen LogP contribution in [0.5, 0.6) is 11.5 Å². The van der Waals surface area contributed by atoms with Crippen molar-refractivity contribution < 1.29 is 33.3 Å². The average molecular weight is 604 g/mol. The molecule has 2 N–H and O–H groups in total. The monoisotopic (exact) mass is 603 g/mol. The van der Waals surface area contributed by atoms with Gasteiger partial charge in [-0.2, -0.15) is 0 Å². The van der Waals surface area contributed by atoms with E-state index in [0.717, 1.165) is 58.0 Å². The lowest BCUT2D eigenvalue weighted by Crippen LogP contribution is -2.51. The fourth-order valence-electron chi connectivity index (χ4n) is 5.38. The lowest BCUT2D eigenvalue weighted by molar-refractivity contribution is -0.156. The highest BCUT2D eigenvalue weighted by Crippen LogP contribution is 2.35. The van der Waals surface area contributed by atoms with E-state index >= 15 is 0 Å². The smallest absolute Gasteiger partial charge is 0.408 e. The molecule has 2 aliphatic rings. The van der Waals surface area contributed by atoms with Gasteiger partial charge in [-0.15, -0.1) is 0 Å². The lowest BCUT2D eigenvalue weighted by atomic mass is 9.99. The van der Waals surface area contributed by atoms with Crippen molar-refractivity contribution in [1.82, 2.24) is 15.5 Å². The molecule has 1 aromatic carbocycles. The predicted octanol–water partition coefficient (Wildman–Crippen LogP) is 5.53. The number of hydrogen-bond donors (Lipinski definition) is 2. The van der Waals surface area contributed by atoms with Crippen LogP contribution in [0.3, 0.4) is 0 Å². The van der Waals surface area contributed by atoms with Crippen molar-refractivity contribution in [3.63, 3.8) is 0 Å². The molecule has 0 saturated carbocycles. The number of benzene rings is 1. The van der Waals surface area contributed by atoms with Crippen LogP contribution in [0.1, 0.15) is 105 Å². The van der Waals surface area contributed by atoms with E-state index in [2.05, 4.69) is 22.5 Å². The van der Waals surface area contributed by atoms with Gasteiger partial charge in [0.15, 0.2) is 11.5 Å². The van der Waals surface area contributed by atoms with Gasteiger partial charge in [0.1, 0.15) is 31.0 Å². The van der Waals surface area contributed by atoms with E-state index in [1.807, 2.05) is 32.0 Å². The van der Waals surface area contributed by atoms with E-state index in [-0.39, 0.29) is 11.8 Å². The molecule has 3 rings (SSSR count). The fraction of sp³-hybridized carbons (Fsp3) is 0.727. The van der Waals surface area contributed by atoms with E-state index in [9.17, 15) is 14.4 Å². The van der Waals surface area contributed by atoms with Crippen molar-refractivity contribution in [3.8, 4) is 11.5 Å². The maximum atomic E-state index is 13.8. The first-order chi connectivity index (χ1) is 20.5. The minimum absolute atomic E-state index is 0.0634. The molecule has 0 aromatic heterocycles. The number of nitrogens with zero attached hydrogens (tertiary/aromatic N) is 1. The number of carbonyl (C=O) groups is 3. The summed E-state index contributed by atoms with van der Waals surface area (Å²) in [6, 6.07) is 4.03. The van der Waals surface area contributed by atoms with Crippen molar-refractivity contribution in [3.05, 3.63) is 23.8 Å². The van der Waals surface area contributed by atoms with Gasteiger partial charge in [0.05, 0.1) is 6.04 Å². The first kappa shape index (κ1) is 34.5. The van der Waals surface area contributed by atoms with E-state index < -0.39 is 35.9 Å². The minimum Gasteiger partial charge on any atom is -0.486 e.